The lowest BCUT2D eigenvalue weighted by Crippen LogP contribution is -2.19. The largest absolute Gasteiger partial charge is 0.386 e. The van der Waals surface area contributed by atoms with Crippen LogP contribution in [0.3, 0.4) is 0 Å². The molecule has 2 N–H and O–H groups in total. The molecule has 0 spiro atoms. The average Bonchev–Trinajstić information content (AvgIpc) is 2.39. The summed E-state index contributed by atoms with van der Waals surface area (Å²) in [6, 6.07) is 7.21. The van der Waals surface area contributed by atoms with Gasteiger partial charge in [-0.25, -0.2) is 0 Å². The van der Waals surface area contributed by atoms with Crippen molar-refractivity contribution in [3.8, 4) is 0 Å². The first-order valence-electron chi connectivity index (χ1n) is 6.23. The lowest BCUT2D eigenvalue weighted by atomic mass is 9.91. The second-order valence-electron chi connectivity index (χ2n) is 5.07. The Morgan fingerprint density at radius 2 is 2.00 bits per heavy atom. The molecule has 0 radical (unpaired) electrons. The topological polar surface area (TPSA) is 66.2 Å². The second-order valence-corrected chi connectivity index (χ2v) is 5.07. The van der Waals surface area contributed by atoms with Crippen LogP contribution in [0.1, 0.15) is 36.8 Å². The fourth-order valence-electron chi connectivity index (χ4n) is 2.07. The molecule has 0 amide bonds. The van der Waals surface area contributed by atoms with Gasteiger partial charge >= 0.3 is 0 Å². The lowest BCUT2D eigenvalue weighted by molar-refractivity contribution is 0.0764. The van der Waals surface area contributed by atoms with Crippen LogP contribution in [0.15, 0.2) is 42.9 Å². The average molecular weight is 258 g/mol. The van der Waals surface area contributed by atoms with E-state index in [9.17, 15) is 10.2 Å². The lowest BCUT2D eigenvalue weighted by Gasteiger charge is -2.22. The molecule has 0 saturated carbocycles. The van der Waals surface area contributed by atoms with Crippen LogP contribution in [0.5, 0.6) is 0 Å². The highest BCUT2D eigenvalue weighted by molar-refractivity contribution is 5.29. The minimum absolute atomic E-state index is 0.379. The monoisotopic (exact) mass is 258 g/mol. The van der Waals surface area contributed by atoms with Gasteiger partial charge in [-0.2, -0.15) is 0 Å². The summed E-state index contributed by atoms with van der Waals surface area (Å²) in [6.07, 6.45) is 4.65. The molecule has 4 heteroatoms. The van der Waals surface area contributed by atoms with Crippen molar-refractivity contribution in [3.05, 3.63) is 59.7 Å². The molecule has 2 aromatic rings. The Morgan fingerprint density at radius 3 is 2.63 bits per heavy atom. The molecule has 0 aliphatic rings. The zero-order valence-corrected chi connectivity index (χ0v) is 11.1. The molecule has 4 nitrogen and oxygen atoms in total. The van der Waals surface area contributed by atoms with Crippen LogP contribution in [0.4, 0.5) is 0 Å². The molecule has 0 saturated heterocycles. The number of hydrogen-bond donors (Lipinski definition) is 2. The minimum atomic E-state index is -0.956. The van der Waals surface area contributed by atoms with E-state index in [1.54, 1.807) is 44.6 Å². The quantitative estimate of drug-likeness (QED) is 0.880. The number of aromatic nitrogens is 2. The van der Waals surface area contributed by atoms with Crippen LogP contribution in [0.2, 0.25) is 0 Å². The van der Waals surface area contributed by atoms with Crippen molar-refractivity contribution >= 4 is 0 Å². The van der Waals surface area contributed by atoms with Crippen LogP contribution < -0.4 is 0 Å². The maximum absolute atomic E-state index is 10.2. The van der Waals surface area contributed by atoms with Gasteiger partial charge in [-0.1, -0.05) is 6.07 Å². The van der Waals surface area contributed by atoms with Gasteiger partial charge in [0, 0.05) is 25.0 Å². The summed E-state index contributed by atoms with van der Waals surface area (Å²) in [4.78, 5) is 8.20. The zero-order valence-electron chi connectivity index (χ0n) is 11.1. The maximum Gasteiger partial charge on any atom is 0.100 e. The summed E-state index contributed by atoms with van der Waals surface area (Å²) in [5, 5.41) is 20.3. The highest BCUT2D eigenvalue weighted by Gasteiger charge is 2.21. The van der Waals surface area contributed by atoms with Crippen molar-refractivity contribution < 1.29 is 10.2 Å². The van der Waals surface area contributed by atoms with E-state index in [1.807, 2.05) is 12.1 Å². The molecular formula is C15H18N2O2. The molecular weight excluding hydrogens is 240 g/mol. The van der Waals surface area contributed by atoms with Gasteiger partial charge in [0.25, 0.3) is 0 Å². The molecule has 0 aromatic carbocycles. The van der Waals surface area contributed by atoms with Crippen LogP contribution in [0.25, 0.3) is 0 Å². The summed E-state index contributed by atoms with van der Waals surface area (Å²) in [5.41, 5.74) is 1.26. The molecule has 100 valence electrons. The first kappa shape index (κ1) is 13.6. The van der Waals surface area contributed by atoms with E-state index in [2.05, 4.69) is 9.97 Å². The van der Waals surface area contributed by atoms with Crippen LogP contribution in [-0.2, 0) is 12.0 Å². The summed E-state index contributed by atoms with van der Waals surface area (Å²) in [5.74, 6) is 0. The third-order valence-corrected chi connectivity index (χ3v) is 3.01. The third kappa shape index (κ3) is 3.36. The molecule has 0 fully saturated rings. The van der Waals surface area contributed by atoms with Gasteiger partial charge in [0.15, 0.2) is 0 Å². The summed E-state index contributed by atoms with van der Waals surface area (Å²) < 4.78 is 0. The Kier molecular flexibility index (Phi) is 3.93. The number of aliphatic hydroxyl groups is 2. The smallest absolute Gasteiger partial charge is 0.100 e. The van der Waals surface area contributed by atoms with E-state index in [1.165, 1.54) is 0 Å². The van der Waals surface area contributed by atoms with Crippen LogP contribution in [-0.4, -0.2) is 20.2 Å². The molecule has 0 bridgehead atoms. The summed E-state index contributed by atoms with van der Waals surface area (Å²) >= 11 is 0. The van der Waals surface area contributed by atoms with E-state index in [0.29, 0.717) is 12.1 Å². The SMILES string of the molecule is CC(C)(O)c1ccncc1CC(O)c1ccccn1. The van der Waals surface area contributed by atoms with E-state index >= 15 is 0 Å². The van der Waals surface area contributed by atoms with Crippen LogP contribution in [0, 0.1) is 0 Å². The minimum Gasteiger partial charge on any atom is -0.386 e. The zero-order chi connectivity index (χ0) is 13.9. The third-order valence-electron chi connectivity index (χ3n) is 3.01. The number of pyridine rings is 2. The van der Waals surface area contributed by atoms with Crippen molar-refractivity contribution in [1.82, 2.24) is 9.97 Å². The molecule has 0 aliphatic heterocycles. The van der Waals surface area contributed by atoms with Crippen molar-refractivity contribution in [3.63, 3.8) is 0 Å². The van der Waals surface area contributed by atoms with E-state index in [0.717, 1.165) is 11.1 Å². The first-order chi connectivity index (χ1) is 8.98. The Hall–Kier alpha value is -1.78. The van der Waals surface area contributed by atoms with Gasteiger partial charge in [-0.3, -0.25) is 9.97 Å². The van der Waals surface area contributed by atoms with Gasteiger partial charge in [-0.05, 0) is 43.2 Å². The van der Waals surface area contributed by atoms with E-state index in [-0.39, 0.29) is 0 Å². The molecule has 0 aliphatic carbocycles. The maximum atomic E-state index is 10.2. The Balaban J connectivity index is 2.25. The van der Waals surface area contributed by atoms with Gasteiger partial charge in [0.05, 0.1) is 11.3 Å². The first-order valence-corrected chi connectivity index (χ1v) is 6.23. The van der Waals surface area contributed by atoms with E-state index < -0.39 is 11.7 Å². The Morgan fingerprint density at radius 1 is 1.21 bits per heavy atom. The summed E-state index contributed by atoms with van der Waals surface area (Å²) in [6.45, 7) is 3.44. The van der Waals surface area contributed by atoms with Gasteiger partial charge in [0.1, 0.15) is 6.10 Å². The predicted octanol–water partition coefficient (Wildman–Crippen LogP) is 1.98. The summed E-state index contributed by atoms with van der Waals surface area (Å²) in [7, 11) is 0. The standard InChI is InChI=1S/C15H18N2O2/c1-15(2,19)12-6-8-16-10-11(12)9-14(18)13-5-3-4-7-17-13/h3-8,10,14,18-19H,9H2,1-2H3. The number of rotatable bonds is 4. The van der Waals surface area contributed by atoms with Crippen LogP contribution >= 0.6 is 0 Å². The van der Waals surface area contributed by atoms with Crippen molar-refractivity contribution in [2.24, 2.45) is 0 Å². The van der Waals surface area contributed by atoms with Gasteiger partial charge in [0.2, 0.25) is 0 Å². The molecule has 2 aromatic heterocycles. The number of nitrogens with zero attached hydrogens (tertiary/aromatic N) is 2. The van der Waals surface area contributed by atoms with Crippen molar-refractivity contribution in [2.45, 2.75) is 32.0 Å². The van der Waals surface area contributed by atoms with Crippen molar-refractivity contribution in [2.75, 3.05) is 0 Å². The fourth-order valence-corrected chi connectivity index (χ4v) is 2.07. The fraction of sp³-hybridized carbons (Fsp3) is 0.333. The molecule has 1 unspecified atom stereocenters. The Labute approximate surface area is 112 Å². The van der Waals surface area contributed by atoms with Gasteiger partial charge in [-0.15, -0.1) is 0 Å². The second kappa shape index (κ2) is 5.47. The molecule has 1 atom stereocenters. The Bertz CT molecular complexity index is 535. The van der Waals surface area contributed by atoms with Gasteiger partial charge < -0.3 is 10.2 Å². The number of hydrogen-bond acceptors (Lipinski definition) is 4. The highest BCUT2D eigenvalue weighted by Crippen LogP contribution is 2.26. The highest BCUT2D eigenvalue weighted by atomic mass is 16.3. The van der Waals surface area contributed by atoms with E-state index in [4.69, 9.17) is 0 Å². The predicted molar refractivity (Wildman–Crippen MR) is 72.4 cm³/mol. The normalized spacial score (nSPS) is 13.3. The molecule has 2 heterocycles. The molecule has 19 heavy (non-hydrogen) atoms. The van der Waals surface area contributed by atoms with Crippen molar-refractivity contribution in [1.29, 1.82) is 0 Å². The number of aliphatic hydroxyl groups excluding tert-OH is 1. The molecule has 2 rings (SSSR count).